The van der Waals surface area contributed by atoms with Gasteiger partial charge in [0.05, 0.1) is 0 Å². The van der Waals surface area contributed by atoms with Crippen molar-refractivity contribution in [3.63, 3.8) is 0 Å². The fraction of sp³-hybridized carbons (Fsp3) is 0.111. The molecular formula is C9H8BrN3S. The molecule has 0 aliphatic heterocycles. The number of rotatable bonds is 1. The molecular weight excluding hydrogens is 262 g/mol. The summed E-state index contributed by atoms with van der Waals surface area (Å²) in [5.74, 6) is 0. The van der Waals surface area contributed by atoms with Crippen LogP contribution >= 0.6 is 27.3 Å². The number of hydrogen-bond acceptors (Lipinski definition) is 4. The fourth-order valence-electron chi connectivity index (χ4n) is 1.16. The van der Waals surface area contributed by atoms with Crippen molar-refractivity contribution in [3.05, 3.63) is 28.2 Å². The average Bonchev–Trinajstić information content (AvgIpc) is 2.57. The van der Waals surface area contributed by atoms with Crippen molar-refractivity contribution in [3.8, 4) is 10.6 Å². The van der Waals surface area contributed by atoms with Crippen molar-refractivity contribution in [1.29, 1.82) is 0 Å². The van der Waals surface area contributed by atoms with Crippen LogP contribution < -0.4 is 5.73 Å². The number of aromatic nitrogens is 2. The van der Waals surface area contributed by atoms with Crippen molar-refractivity contribution in [2.45, 2.75) is 6.92 Å². The summed E-state index contributed by atoms with van der Waals surface area (Å²) < 4.78 is 1.05. The molecule has 1 aromatic carbocycles. The van der Waals surface area contributed by atoms with E-state index < -0.39 is 0 Å². The molecule has 2 N–H and O–H groups in total. The van der Waals surface area contributed by atoms with Gasteiger partial charge in [-0.3, -0.25) is 0 Å². The van der Waals surface area contributed by atoms with E-state index in [0.717, 1.165) is 15.0 Å². The third kappa shape index (κ3) is 1.65. The Hall–Kier alpha value is -0.940. The molecule has 3 nitrogen and oxygen atoms in total. The van der Waals surface area contributed by atoms with Crippen molar-refractivity contribution in [2.75, 3.05) is 5.73 Å². The zero-order valence-electron chi connectivity index (χ0n) is 7.49. The molecule has 0 unspecified atom stereocenters. The summed E-state index contributed by atoms with van der Waals surface area (Å²) >= 11 is 4.91. The molecule has 0 spiro atoms. The van der Waals surface area contributed by atoms with Gasteiger partial charge < -0.3 is 5.73 Å². The van der Waals surface area contributed by atoms with Gasteiger partial charge in [0.1, 0.15) is 0 Å². The van der Waals surface area contributed by atoms with E-state index in [1.807, 2.05) is 25.1 Å². The summed E-state index contributed by atoms with van der Waals surface area (Å²) in [5.41, 5.74) is 7.75. The van der Waals surface area contributed by atoms with Crippen molar-refractivity contribution in [1.82, 2.24) is 10.2 Å². The quantitative estimate of drug-likeness (QED) is 0.866. The Labute approximate surface area is 94.1 Å². The van der Waals surface area contributed by atoms with Crippen LogP contribution in [0.3, 0.4) is 0 Å². The zero-order valence-corrected chi connectivity index (χ0v) is 9.89. The molecule has 0 aliphatic rings. The van der Waals surface area contributed by atoms with Gasteiger partial charge >= 0.3 is 0 Å². The average molecular weight is 270 g/mol. The summed E-state index contributed by atoms with van der Waals surface area (Å²) in [6.45, 7) is 2.04. The van der Waals surface area contributed by atoms with Crippen LogP contribution in [0.15, 0.2) is 22.7 Å². The summed E-state index contributed by atoms with van der Waals surface area (Å²) in [4.78, 5) is 0. The second-order valence-electron chi connectivity index (χ2n) is 2.88. The number of nitrogen functional groups attached to an aromatic ring is 1. The third-order valence-electron chi connectivity index (χ3n) is 1.86. The minimum absolute atomic E-state index is 0.494. The Kier molecular flexibility index (Phi) is 2.52. The molecule has 0 amide bonds. The molecule has 0 fully saturated rings. The third-order valence-corrected chi connectivity index (χ3v) is 3.70. The largest absolute Gasteiger partial charge is 0.374 e. The van der Waals surface area contributed by atoms with Gasteiger partial charge in [-0.1, -0.05) is 29.5 Å². The van der Waals surface area contributed by atoms with Gasteiger partial charge in [0.25, 0.3) is 0 Å². The summed E-state index contributed by atoms with van der Waals surface area (Å²) in [5, 5.41) is 9.13. The highest BCUT2D eigenvalue weighted by Gasteiger charge is 2.09. The molecule has 0 saturated carbocycles. The molecule has 1 aromatic heterocycles. The summed E-state index contributed by atoms with van der Waals surface area (Å²) in [6, 6.07) is 6.03. The number of nitrogens with zero attached hydrogens (tertiary/aromatic N) is 2. The lowest BCUT2D eigenvalue weighted by Crippen LogP contribution is -1.82. The topological polar surface area (TPSA) is 51.8 Å². The maximum absolute atomic E-state index is 5.53. The molecule has 2 rings (SSSR count). The second-order valence-corrected chi connectivity index (χ2v) is 4.68. The summed E-state index contributed by atoms with van der Waals surface area (Å²) in [7, 11) is 0. The predicted octanol–water partition coefficient (Wildman–Crippen LogP) is 2.86. The number of halogens is 1. The molecule has 0 aliphatic carbocycles. The maximum atomic E-state index is 5.53. The molecule has 0 radical (unpaired) electrons. The molecule has 2 aromatic rings. The fourth-order valence-corrected chi connectivity index (χ4v) is 2.38. The minimum Gasteiger partial charge on any atom is -0.374 e. The van der Waals surface area contributed by atoms with E-state index in [-0.39, 0.29) is 0 Å². The van der Waals surface area contributed by atoms with Crippen molar-refractivity contribution in [2.24, 2.45) is 0 Å². The Balaban J connectivity index is 2.57. The van der Waals surface area contributed by atoms with Gasteiger partial charge in [0, 0.05) is 10.0 Å². The van der Waals surface area contributed by atoms with Crippen LogP contribution in [0.2, 0.25) is 0 Å². The molecule has 0 saturated heterocycles. The molecule has 14 heavy (non-hydrogen) atoms. The lowest BCUT2D eigenvalue weighted by Gasteiger charge is -2.02. The van der Waals surface area contributed by atoms with Gasteiger partial charge in [-0.2, -0.15) is 0 Å². The first-order valence-corrected chi connectivity index (χ1v) is 5.64. The lowest BCUT2D eigenvalue weighted by atomic mass is 10.1. The van der Waals surface area contributed by atoms with Gasteiger partial charge in [-0.05, 0) is 28.4 Å². The first-order chi connectivity index (χ1) is 6.68. The minimum atomic E-state index is 0.494. The van der Waals surface area contributed by atoms with Gasteiger partial charge in [0.15, 0.2) is 5.01 Å². The Bertz CT molecular complexity index is 467. The monoisotopic (exact) mass is 269 g/mol. The Morgan fingerprint density at radius 2 is 2.14 bits per heavy atom. The predicted molar refractivity (Wildman–Crippen MR) is 62.2 cm³/mol. The first-order valence-electron chi connectivity index (χ1n) is 4.03. The maximum Gasteiger partial charge on any atom is 0.203 e. The molecule has 1 heterocycles. The van der Waals surface area contributed by atoms with E-state index in [9.17, 15) is 0 Å². The molecule has 0 atom stereocenters. The van der Waals surface area contributed by atoms with E-state index in [0.29, 0.717) is 5.13 Å². The van der Waals surface area contributed by atoms with Crippen LogP contribution in [0.25, 0.3) is 10.6 Å². The van der Waals surface area contributed by atoms with Crippen LogP contribution in [-0.4, -0.2) is 10.2 Å². The van der Waals surface area contributed by atoms with E-state index >= 15 is 0 Å². The zero-order chi connectivity index (χ0) is 10.1. The van der Waals surface area contributed by atoms with E-state index in [1.165, 1.54) is 16.9 Å². The number of hydrogen-bond donors (Lipinski definition) is 1. The van der Waals surface area contributed by atoms with Crippen molar-refractivity contribution < 1.29 is 0 Å². The highest BCUT2D eigenvalue weighted by atomic mass is 79.9. The smallest absolute Gasteiger partial charge is 0.203 e. The standard InChI is InChI=1S/C9H8BrN3S/c1-5-3-2-4-6(7(5)10)8-12-13-9(11)14-8/h2-4H,1H3,(H2,11,13). The van der Waals surface area contributed by atoms with Gasteiger partial charge in [-0.15, -0.1) is 10.2 Å². The van der Waals surface area contributed by atoms with Crippen LogP contribution in [0.5, 0.6) is 0 Å². The first kappa shape index (κ1) is 9.61. The van der Waals surface area contributed by atoms with E-state index in [4.69, 9.17) is 5.73 Å². The Morgan fingerprint density at radius 1 is 1.36 bits per heavy atom. The van der Waals surface area contributed by atoms with Gasteiger partial charge in [0.2, 0.25) is 5.13 Å². The van der Waals surface area contributed by atoms with Crippen LogP contribution in [0.4, 0.5) is 5.13 Å². The molecule has 72 valence electrons. The van der Waals surface area contributed by atoms with Crippen LogP contribution in [0.1, 0.15) is 5.56 Å². The highest BCUT2D eigenvalue weighted by Crippen LogP contribution is 2.32. The van der Waals surface area contributed by atoms with Crippen molar-refractivity contribution >= 4 is 32.4 Å². The highest BCUT2D eigenvalue weighted by molar-refractivity contribution is 9.10. The molecule has 5 heteroatoms. The second kappa shape index (κ2) is 3.67. The molecule has 0 bridgehead atoms. The van der Waals surface area contributed by atoms with E-state index in [2.05, 4.69) is 26.1 Å². The number of benzene rings is 1. The lowest BCUT2D eigenvalue weighted by molar-refractivity contribution is 1.10. The van der Waals surface area contributed by atoms with Crippen LogP contribution in [-0.2, 0) is 0 Å². The Morgan fingerprint density at radius 3 is 2.79 bits per heavy atom. The normalized spacial score (nSPS) is 10.4. The number of aryl methyl sites for hydroxylation is 1. The van der Waals surface area contributed by atoms with Gasteiger partial charge in [-0.25, -0.2) is 0 Å². The SMILES string of the molecule is Cc1cccc(-c2nnc(N)s2)c1Br. The number of nitrogens with two attached hydrogens (primary N) is 1. The summed E-state index contributed by atoms with van der Waals surface area (Å²) in [6.07, 6.45) is 0. The van der Waals surface area contributed by atoms with Crippen LogP contribution in [0, 0.1) is 6.92 Å². The number of anilines is 1. The van der Waals surface area contributed by atoms with E-state index in [1.54, 1.807) is 0 Å².